The molecule has 3 heteroatoms. The van der Waals surface area contributed by atoms with Crippen molar-refractivity contribution >= 4 is 0 Å². The highest BCUT2D eigenvalue weighted by Crippen LogP contribution is 1.74. The average Bonchev–Trinajstić information content (AvgIpc) is 1.38. The molecule has 0 bridgehead atoms. The largest absolute Gasteiger partial charge is 0.512 e. The minimum atomic E-state index is -0.0648. The molecular formula is C3H8O3. The number of rotatable bonds is 0. The second-order valence-corrected chi connectivity index (χ2v) is 0.770. The van der Waals surface area contributed by atoms with Gasteiger partial charge in [0, 0.05) is 0 Å². The molecular weight excluding hydrogens is 84.0 g/mol. The Hall–Kier alpha value is -0.700. The van der Waals surface area contributed by atoms with Gasteiger partial charge >= 0.3 is 0 Å². The predicted molar refractivity (Wildman–Crippen MR) is 22.6 cm³/mol. The normalized spacial score (nSPS) is 9.83. The van der Waals surface area contributed by atoms with Crippen LogP contribution in [0.1, 0.15) is 6.92 Å². The monoisotopic (exact) mass is 92.0 g/mol. The highest BCUT2D eigenvalue weighted by molar-refractivity contribution is 4.74. The summed E-state index contributed by atoms with van der Waals surface area (Å²) < 4.78 is 0. The molecule has 0 aliphatic heterocycles. The number of hydrogen-bond acceptors (Lipinski definition) is 2. The van der Waals surface area contributed by atoms with Gasteiger partial charge in [-0.2, -0.15) is 0 Å². The maximum absolute atomic E-state index is 7.97. The molecule has 0 radical (unpaired) electrons. The van der Waals surface area contributed by atoms with Crippen molar-refractivity contribution in [3.05, 3.63) is 12.0 Å². The van der Waals surface area contributed by atoms with E-state index in [1.54, 1.807) is 0 Å². The molecule has 0 aromatic heterocycles. The van der Waals surface area contributed by atoms with Gasteiger partial charge in [0.25, 0.3) is 0 Å². The Balaban J connectivity index is 0. The zero-order chi connectivity index (χ0) is 4.28. The highest BCUT2D eigenvalue weighted by Gasteiger charge is 1.66. The lowest BCUT2D eigenvalue weighted by molar-refractivity contribution is 0.363. The van der Waals surface area contributed by atoms with Crippen molar-refractivity contribution in [2.45, 2.75) is 6.92 Å². The van der Waals surface area contributed by atoms with Crippen LogP contribution in [0.3, 0.4) is 0 Å². The number of allylic oxidation sites excluding steroid dienone is 1. The minimum absolute atomic E-state index is 0. The molecule has 4 N–H and O–H groups in total. The van der Waals surface area contributed by atoms with E-state index in [-0.39, 0.29) is 11.2 Å². The van der Waals surface area contributed by atoms with Crippen LogP contribution in [0, 0.1) is 0 Å². The van der Waals surface area contributed by atoms with Gasteiger partial charge in [0.15, 0.2) is 0 Å². The molecule has 0 rings (SSSR count). The first kappa shape index (κ1) is 9.00. The molecule has 0 fully saturated rings. The summed E-state index contributed by atoms with van der Waals surface area (Å²) in [6.45, 7) is 1.39. The van der Waals surface area contributed by atoms with Crippen LogP contribution in [0.4, 0.5) is 0 Å². The Labute approximate surface area is 35.8 Å². The summed E-state index contributed by atoms with van der Waals surface area (Å²) in [4.78, 5) is 0. The standard InChI is InChI=1S/C3H6O2.H2O/c1-3(5)2-4;/h2,4-5H,1H3;1H2. The van der Waals surface area contributed by atoms with Gasteiger partial charge in [-0.1, -0.05) is 0 Å². The van der Waals surface area contributed by atoms with Crippen LogP contribution in [0.25, 0.3) is 0 Å². The Kier molecular flexibility index (Phi) is 6.45. The van der Waals surface area contributed by atoms with Gasteiger partial charge in [-0.05, 0) is 6.92 Å². The summed E-state index contributed by atoms with van der Waals surface area (Å²) in [6, 6.07) is 0. The first-order valence-electron chi connectivity index (χ1n) is 1.27. The van der Waals surface area contributed by atoms with Crippen molar-refractivity contribution in [1.82, 2.24) is 0 Å². The second kappa shape index (κ2) is 4.30. The van der Waals surface area contributed by atoms with E-state index in [4.69, 9.17) is 10.2 Å². The maximum atomic E-state index is 7.97. The van der Waals surface area contributed by atoms with Gasteiger partial charge in [0.2, 0.25) is 0 Å². The quantitative estimate of drug-likeness (QED) is 0.417. The van der Waals surface area contributed by atoms with Gasteiger partial charge in [0.1, 0.15) is 12.0 Å². The van der Waals surface area contributed by atoms with Crippen molar-refractivity contribution in [1.29, 1.82) is 0 Å². The summed E-state index contributed by atoms with van der Waals surface area (Å²) in [5.74, 6) is -0.0648. The van der Waals surface area contributed by atoms with Crippen LogP contribution in [0.5, 0.6) is 0 Å². The van der Waals surface area contributed by atoms with Crippen molar-refractivity contribution in [3.8, 4) is 0 Å². The van der Waals surface area contributed by atoms with Gasteiger partial charge in [-0.15, -0.1) is 0 Å². The molecule has 0 amide bonds. The summed E-state index contributed by atoms with van der Waals surface area (Å²) in [5.41, 5.74) is 0. The van der Waals surface area contributed by atoms with Crippen LogP contribution in [-0.2, 0) is 0 Å². The third-order valence-corrected chi connectivity index (χ3v) is 0.187. The smallest absolute Gasteiger partial charge is 0.123 e. The van der Waals surface area contributed by atoms with E-state index >= 15 is 0 Å². The van der Waals surface area contributed by atoms with Crippen LogP contribution in [0.2, 0.25) is 0 Å². The third kappa shape index (κ3) is 10.3. The van der Waals surface area contributed by atoms with E-state index in [1.807, 2.05) is 0 Å². The van der Waals surface area contributed by atoms with E-state index < -0.39 is 0 Å². The molecule has 0 saturated carbocycles. The van der Waals surface area contributed by atoms with Gasteiger partial charge in [0.05, 0.1) is 0 Å². The van der Waals surface area contributed by atoms with E-state index in [0.717, 1.165) is 0 Å². The van der Waals surface area contributed by atoms with Crippen molar-refractivity contribution in [3.63, 3.8) is 0 Å². The molecule has 0 atom stereocenters. The zero-order valence-corrected chi connectivity index (χ0v) is 3.47. The minimum Gasteiger partial charge on any atom is -0.512 e. The van der Waals surface area contributed by atoms with Crippen LogP contribution >= 0.6 is 0 Å². The van der Waals surface area contributed by atoms with Crippen molar-refractivity contribution in [2.24, 2.45) is 0 Å². The molecule has 3 nitrogen and oxygen atoms in total. The van der Waals surface area contributed by atoms with Crippen LogP contribution < -0.4 is 0 Å². The second-order valence-electron chi connectivity index (χ2n) is 0.770. The Morgan fingerprint density at radius 1 is 1.67 bits per heavy atom. The summed E-state index contributed by atoms with van der Waals surface area (Å²) in [7, 11) is 0. The molecule has 0 aromatic rings. The SMILES string of the molecule is CC(O)=CO.O. The molecule has 0 saturated heterocycles. The summed E-state index contributed by atoms with van der Waals surface area (Å²) in [6.07, 6.45) is 0.639. The summed E-state index contributed by atoms with van der Waals surface area (Å²) in [5, 5.41) is 15.7. The van der Waals surface area contributed by atoms with Crippen molar-refractivity contribution < 1.29 is 15.7 Å². The molecule has 0 unspecified atom stereocenters. The lowest BCUT2D eigenvalue weighted by Gasteiger charge is -1.74. The van der Waals surface area contributed by atoms with Crippen LogP contribution in [0.15, 0.2) is 12.0 Å². The number of hydrogen-bond donors (Lipinski definition) is 2. The fourth-order valence-corrected chi connectivity index (χ4v) is 0. The number of aliphatic hydroxyl groups excluding tert-OH is 2. The molecule has 38 valence electrons. The molecule has 0 aliphatic rings. The molecule has 0 spiro atoms. The van der Waals surface area contributed by atoms with Gasteiger partial charge < -0.3 is 15.7 Å². The Morgan fingerprint density at radius 2 is 1.83 bits per heavy atom. The lowest BCUT2D eigenvalue weighted by Crippen LogP contribution is -1.63. The molecule has 6 heavy (non-hydrogen) atoms. The Morgan fingerprint density at radius 3 is 1.83 bits per heavy atom. The van der Waals surface area contributed by atoms with Gasteiger partial charge in [-0.25, -0.2) is 0 Å². The van der Waals surface area contributed by atoms with E-state index in [1.165, 1.54) is 6.92 Å². The predicted octanol–water partition coefficient (Wildman–Crippen LogP) is 0.139. The van der Waals surface area contributed by atoms with E-state index in [0.29, 0.717) is 6.26 Å². The molecule has 0 aliphatic carbocycles. The summed E-state index contributed by atoms with van der Waals surface area (Å²) >= 11 is 0. The fourth-order valence-electron chi connectivity index (χ4n) is 0. The number of aliphatic hydroxyl groups is 2. The molecule has 0 aromatic carbocycles. The van der Waals surface area contributed by atoms with Crippen LogP contribution in [-0.4, -0.2) is 15.7 Å². The van der Waals surface area contributed by atoms with Crippen molar-refractivity contribution in [2.75, 3.05) is 0 Å². The van der Waals surface area contributed by atoms with E-state index in [2.05, 4.69) is 0 Å². The van der Waals surface area contributed by atoms with E-state index in [9.17, 15) is 0 Å². The third-order valence-electron chi connectivity index (χ3n) is 0.187. The fraction of sp³-hybridized carbons (Fsp3) is 0.333. The zero-order valence-electron chi connectivity index (χ0n) is 3.47. The maximum Gasteiger partial charge on any atom is 0.123 e. The lowest BCUT2D eigenvalue weighted by atomic mass is 10.7. The molecule has 0 heterocycles. The topological polar surface area (TPSA) is 72.0 Å². The first-order chi connectivity index (χ1) is 2.27. The average molecular weight is 92.1 g/mol. The highest BCUT2D eigenvalue weighted by atomic mass is 16.3. The van der Waals surface area contributed by atoms with Gasteiger partial charge in [-0.3, -0.25) is 0 Å². The first-order valence-corrected chi connectivity index (χ1v) is 1.27. The Bertz CT molecular complexity index is 44.0.